The molecule has 102 valence electrons. The van der Waals surface area contributed by atoms with E-state index >= 15 is 0 Å². The van der Waals surface area contributed by atoms with E-state index in [0.717, 1.165) is 18.2 Å². The fourth-order valence-corrected chi connectivity index (χ4v) is 1.95. The summed E-state index contributed by atoms with van der Waals surface area (Å²) in [6.07, 6.45) is -2.49. The molecule has 0 saturated carbocycles. The summed E-state index contributed by atoms with van der Waals surface area (Å²) in [5, 5.41) is 3.86. The Morgan fingerprint density at radius 3 is 2.53 bits per heavy atom. The largest absolute Gasteiger partial charge is 0.572 e. The Kier molecular flexibility index (Phi) is 3.54. The first-order valence-corrected chi connectivity index (χ1v) is 6.00. The normalized spacial score (nSPS) is 12.2. The summed E-state index contributed by atoms with van der Waals surface area (Å²) >= 11 is 5.92. The number of rotatable bonds is 2. The molecule has 3 nitrogen and oxygen atoms in total. The molecule has 0 radical (unpaired) electrons. The summed E-state index contributed by atoms with van der Waals surface area (Å²) in [6.45, 7) is 3.90. The first-order valence-electron chi connectivity index (χ1n) is 5.62. The molecule has 2 aromatic rings. The van der Waals surface area contributed by atoms with Gasteiger partial charge in [-0.15, -0.1) is 13.2 Å². The fraction of sp³-hybridized carbons (Fsp3) is 0.333. The lowest BCUT2D eigenvalue weighted by molar-refractivity contribution is -0.598. The molecule has 19 heavy (non-hydrogen) atoms. The summed E-state index contributed by atoms with van der Waals surface area (Å²) in [5.41, 5.74) is 1.49. The zero-order valence-corrected chi connectivity index (χ0v) is 11.1. The fourth-order valence-electron chi connectivity index (χ4n) is 1.77. The topological polar surface area (TPSA) is 21.7 Å². The van der Waals surface area contributed by atoms with E-state index < -0.39 is 6.30 Å². The van der Waals surface area contributed by atoms with Crippen molar-refractivity contribution < 1.29 is 17.7 Å². The predicted molar refractivity (Wildman–Crippen MR) is 64.2 cm³/mol. The summed E-state index contributed by atoms with van der Waals surface area (Å²) in [4.78, 5) is 0. The third-order valence-electron chi connectivity index (χ3n) is 2.68. The van der Waals surface area contributed by atoms with Crippen LogP contribution >= 0.6 is 11.6 Å². The van der Waals surface area contributed by atoms with Gasteiger partial charge in [-0.2, -0.15) is 0 Å². The molecule has 1 aromatic heterocycles. The minimum atomic E-state index is -4.52. The second kappa shape index (κ2) is 4.85. The van der Waals surface area contributed by atoms with E-state index in [1.807, 2.05) is 13.8 Å². The average Bonchev–Trinajstić information content (AvgIpc) is 2.77. The van der Waals surface area contributed by atoms with E-state index in [1.165, 1.54) is 4.57 Å². The number of halogens is 4. The van der Waals surface area contributed by atoms with Crippen LogP contribution in [0.1, 0.15) is 25.3 Å². The highest BCUT2D eigenvalue weighted by Crippen LogP contribution is 2.24. The van der Waals surface area contributed by atoms with Crippen molar-refractivity contribution in [1.82, 2.24) is 9.78 Å². The first kappa shape index (κ1) is 13.9. The molecular formula is C12H12ClF3N3+. The molecule has 1 heterocycles. The van der Waals surface area contributed by atoms with E-state index in [2.05, 4.69) is 5.10 Å². The van der Waals surface area contributed by atoms with Gasteiger partial charge in [0.05, 0.1) is 0 Å². The van der Waals surface area contributed by atoms with Crippen molar-refractivity contribution in [3.63, 3.8) is 0 Å². The van der Waals surface area contributed by atoms with Crippen LogP contribution in [0.3, 0.4) is 0 Å². The zero-order valence-electron chi connectivity index (χ0n) is 10.3. The zero-order chi connectivity index (χ0) is 14.2. The summed E-state index contributed by atoms with van der Waals surface area (Å²) in [6, 6.07) is 5.07. The molecule has 7 heteroatoms. The Balaban J connectivity index is 2.50. The van der Waals surface area contributed by atoms with E-state index in [0.29, 0.717) is 10.7 Å². The molecule has 0 saturated heterocycles. The summed E-state index contributed by atoms with van der Waals surface area (Å²) in [5.74, 6) is 0.135. The van der Waals surface area contributed by atoms with Crippen LogP contribution in [-0.2, 0) is 6.30 Å². The van der Waals surface area contributed by atoms with Gasteiger partial charge in [0.1, 0.15) is 5.69 Å². The Morgan fingerprint density at radius 1 is 1.32 bits per heavy atom. The van der Waals surface area contributed by atoms with Gasteiger partial charge < -0.3 is 0 Å². The molecular weight excluding hydrogens is 279 g/mol. The van der Waals surface area contributed by atoms with Crippen LogP contribution in [0.15, 0.2) is 30.9 Å². The van der Waals surface area contributed by atoms with E-state index in [4.69, 9.17) is 11.6 Å². The number of nitrogens with zero attached hydrogens (tertiary/aromatic N) is 3. The number of hydrogen-bond donors (Lipinski definition) is 0. The minimum Gasteiger partial charge on any atom is -0.203 e. The van der Waals surface area contributed by atoms with Gasteiger partial charge in [-0.05, 0) is 34.4 Å². The smallest absolute Gasteiger partial charge is 0.203 e. The minimum absolute atomic E-state index is 0.0360. The highest BCUT2D eigenvalue weighted by molar-refractivity contribution is 6.30. The van der Waals surface area contributed by atoms with Crippen LogP contribution < -0.4 is 4.57 Å². The van der Waals surface area contributed by atoms with Gasteiger partial charge in [0, 0.05) is 10.1 Å². The molecule has 0 aliphatic carbocycles. The van der Waals surface area contributed by atoms with E-state index in [9.17, 15) is 13.2 Å². The Hall–Kier alpha value is -1.56. The van der Waals surface area contributed by atoms with Gasteiger partial charge in [0.25, 0.3) is 6.33 Å². The van der Waals surface area contributed by atoms with Gasteiger partial charge in [-0.3, -0.25) is 0 Å². The Labute approximate surface area is 113 Å². The van der Waals surface area contributed by atoms with Crippen molar-refractivity contribution in [3.05, 3.63) is 41.4 Å². The van der Waals surface area contributed by atoms with Crippen LogP contribution in [0, 0.1) is 0 Å². The lowest BCUT2D eigenvalue weighted by Crippen LogP contribution is -2.30. The summed E-state index contributed by atoms with van der Waals surface area (Å²) < 4.78 is 38.8. The van der Waals surface area contributed by atoms with Crippen LogP contribution in [0.4, 0.5) is 13.2 Å². The highest BCUT2D eigenvalue weighted by Gasteiger charge is 2.39. The number of hydrogen-bond acceptors (Lipinski definition) is 1. The van der Waals surface area contributed by atoms with Crippen molar-refractivity contribution in [2.24, 2.45) is 0 Å². The molecule has 2 rings (SSSR count). The quantitative estimate of drug-likeness (QED) is 0.777. The number of benzene rings is 1. The maximum absolute atomic E-state index is 12.5. The third kappa shape index (κ3) is 2.89. The monoisotopic (exact) mass is 290 g/mol. The maximum Gasteiger partial charge on any atom is 0.572 e. The molecule has 0 unspecified atom stereocenters. The second-order valence-corrected chi connectivity index (χ2v) is 4.86. The van der Waals surface area contributed by atoms with Gasteiger partial charge >= 0.3 is 6.30 Å². The number of alkyl halides is 3. The van der Waals surface area contributed by atoms with E-state index in [1.54, 1.807) is 18.2 Å². The van der Waals surface area contributed by atoms with Crippen LogP contribution in [0.2, 0.25) is 5.02 Å². The molecule has 0 fully saturated rings. The van der Waals surface area contributed by atoms with Crippen molar-refractivity contribution in [3.8, 4) is 5.69 Å². The molecule has 0 atom stereocenters. The lowest BCUT2D eigenvalue weighted by Gasteiger charge is -2.10. The van der Waals surface area contributed by atoms with Crippen LogP contribution in [0.25, 0.3) is 5.69 Å². The second-order valence-electron chi connectivity index (χ2n) is 4.42. The summed E-state index contributed by atoms with van der Waals surface area (Å²) in [7, 11) is 0. The molecule has 0 spiro atoms. The van der Waals surface area contributed by atoms with Crippen molar-refractivity contribution in [1.29, 1.82) is 0 Å². The first-order chi connectivity index (χ1) is 8.79. The Bertz CT molecular complexity index is 590. The van der Waals surface area contributed by atoms with Gasteiger partial charge in [0.15, 0.2) is 0 Å². The molecule has 0 bridgehead atoms. The molecule has 0 amide bonds. The highest BCUT2D eigenvalue weighted by atomic mass is 35.5. The van der Waals surface area contributed by atoms with Crippen molar-refractivity contribution in [2.75, 3.05) is 0 Å². The molecule has 0 aliphatic heterocycles. The number of aromatic nitrogens is 3. The average molecular weight is 291 g/mol. The van der Waals surface area contributed by atoms with Crippen LogP contribution in [0.5, 0.6) is 0 Å². The third-order valence-corrected chi connectivity index (χ3v) is 2.92. The van der Waals surface area contributed by atoms with Crippen LogP contribution in [-0.4, -0.2) is 9.78 Å². The standard InChI is InChI=1S/C12H12ClF3N3/c1-8(2)10-5-9(13)3-4-11(10)18-6-17-19(7-18)12(14,15)16/h3-8H,1-2H3/q+1. The molecule has 0 N–H and O–H groups in total. The molecule has 0 aliphatic rings. The lowest BCUT2D eigenvalue weighted by atomic mass is 10.0. The SMILES string of the molecule is CC(C)c1cc(Cl)ccc1-[n+]1cnn(C(F)(F)F)c1. The van der Waals surface area contributed by atoms with E-state index in [-0.39, 0.29) is 10.6 Å². The van der Waals surface area contributed by atoms with Crippen molar-refractivity contribution in [2.45, 2.75) is 26.1 Å². The van der Waals surface area contributed by atoms with Gasteiger partial charge in [-0.1, -0.05) is 25.4 Å². The van der Waals surface area contributed by atoms with Crippen molar-refractivity contribution >= 4 is 11.6 Å². The molecule has 1 aromatic carbocycles. The Morgan fingerprint density at radius 2 is 2.00 bits per heavy atom. The van der Waals surface area contributed by atoms with Gasteiger partial charge in [0.2, 0.25) is 6.33 Å². The maximum atomic E-state index is 12.5. The van der Waals surface area contributed by atoms with Gasteiger partial charge in [-0.25, -0.2) is 4.57 Å². The predicted octanol–water partition coefficient (Wildman–Crippen LogP) is 3.41.